The number of nitrogens with one attached hydrogen (secondary N) is 1. The van der Waals surface area contributed by atoms with Crippen molar-refractivity contribution in [2.75, 3.05) is 6.54 Å². The van der Waals surface area contributed by atoms with E-state index in [1.54, 1.807) is 4.90 Å². The van der Waals surface area contributed by atoms with Crippen molar-refractivity contribution in [3.8, 4) is 0 Å². The fraction of sp³-hybridized carbons (Fsp3) is 0.474. The molecule has 2 atom stereocenters. The fourth-order valence-electron chi connectivity index (χ4n) is 3.70. The minimum atomic E-state index is -0.587. The maximum Gasteiger partial charge on any atom is 0.240 e. The Hall–Kier alpha value is -2.34. The molecular formula is C19H26N4O2. The minimum Gasteiger partial charge on any atom is -0.368 e. The second-order valence-electron chi connectivity index (χ2n) is 6.90. The number of H-pyrrole nitrogens is 1. The van der Waals surface area contributed by atoms with Gasteiger partial charge in [0, 0.05) is 28.9 Å². The van der Waals surface area contributed by atoms with Crippen LogP contribution in [-0.4, -0.2) is 34.3 Å². The molecule has 6 heteroatoms. The topological polar surface area (TPSA) is 105 Å². The van der Waals surface area contributed by atoms with E-state index in [1.807, 2.05) is 31.2 Å². The quantitative estimate of drug-likeness (QED) is 0.695. The van der Waals surface area contributed by atoms with Gasteiger partial charge in [0.15, 0.2) is 0 Å². The Bertz CT molecular complexity index is 783. The monoisotopic (exact) mass is 342 g/mol. The van der Waals surface area contributed by atoms with Gasteiger partial charge < -0.3 is 21.4 Å². The Kier molecular flexibility index (Phi) is 5.08. The number of amides is 2. The summed E-state index contributed by atoms with van der Waals surface area (Å²) in [5, 5.41) is 1.10. The summed E-state index contributed by atoms with van der Waals surface area (Å²) in [6.07, 6.45) is 3.06. The number of nitrogens with zero attached hydrogens (tertiary/aromatic N) is 1. The number of fused-ring (bicyclic) bond motifs is 3. The van der Waals surface area contributed by atoms with E-state index in [1.165, 1.54) is 0 Å². The van der Waals surface area contributed by atoms with E-state index < -0.39 is 11.9 Å². The first-order chi connectivity index (χ1) is 12.0. The zero-order valence-electron chi connectivity index (χ0n) is 14.6. The van der Waals surface area contributed by atoms with Crippen molar-refractivity contribution >= 4 is 22.7 Å². The first-order valence-corrected chi connectivity index (χ1v) is 8.91. The van der Waals surface area contributed by atoms with Gasteiger partial charge >= 0.3 is 0 Å². The SMILES string of the molecule is C[C@@H](CCCCN)C(=O)N1Cc2[nH]c3ccccc3c2C[C@H]1C(N)=O. The molecule has 6 nitrogen and oxygen atoms in total. The summed E-state index contributed by atoms with van der Waals surface area (Å²) in [7, 11) is 0. The molecule has 5 N–H and O–H groups in total. The highest BCUT2D eigenvalue weighted by Gasteiger charge is 2.36. The molecule has 2 heterocycles. The molecule has 0 radical (unpaired) electrons. The highest BCUT2D eigenvalue weighted by molar-refractivity contribution is 5.91. The largest absolute Gasteiger partial charge is 0.368 e. The molecule has 1 aliphatic rings. The van der Waals surface area contributed by atoms with Gasteiger partial charge in [0.2, 0.25) is 11.8 Å². The molecule has 0 saturated carbocycles. The molecule has 1 aliphatic heterocycles. The lowest BCUT2D eigenvalue weighted by molar-refractivity contribution is -0.143. The predicted octanol–water partition coefficient (Wildman–Crippen LogP) is 1.67. The Morgan fingerprint density at radius 1 is 1.32 bits per heavy atom. The van der Waals surface area contributed by atoms with Crippen molar-refractivity contribution < 1.29 is 9.59 Å². The predicted molar refractivity (Wildman–Crippen MR) is 97.6 cm³/mol. The molecule has 0 spiro atoms. The van der Waals surface area contributed by atoms with Crippen molar-refractivity contribution in [2.45, 2.75) is 45.2 Å². The first-order valence-electron chi connectivity index (χ1n) is 8.91. The van der Waals surface area contributed by atoms with Gasteiger partial charge in [0.1, 0.15) is 6.04 Å². The van der Waals surface area contributed by atoms with Gasteiger partial charge in [-0.15, -0.1) is 0 Å². The standard InChI is InChI=1S/C19H26N4O2/c1-12(6-4-5-9-20)19(25)23-11-16-14(10-17(23)18(21)24)13-7-2-3-8-15(13)22-16/h2-3,7-8,12,17,22H,4-6,9-11,20H2,1H3,(H2,21,24)/t12-,17-/m0/s1. The van der Waals surface area contributed by atoms with Crippen LogP contribution in [0.1, 0.15) is 37.4 Å². The van der Waals surface area contributed by atoms with E-state index in [0.717, 1.165) is 41.4 Å². The van der Waals surface area contributed by atoms with Gasteiger partial charge in [0.05, 0.1) is 6.54 Å². The molecule has 25 heavy (non-hydrogen) atoms. The normalized spacial score (nSPS) is 18.2. The van der Waals surface area contributed by atoms with Crippen LogP contribution in [0.5, 0.6) is 0 Å². The van der Waals surface area contributed by atoms with E-state index in [9.17, 15) is 9.59 Å². The number of aromatic nitrogens is 1. The maximum atomic E-state index is 12.9. The van der Waals surface area contributed by atoms with Crippen molar-refractivity contribution in [3.05, 3.63) is 35.5 Å². The van der Waals surface area contributed by atoms with Crippen LogP contribution in [0.4, 0.5) is 0 Å². The molecule has 1 aromatic carbocycles. The number of benzene rings is 1. The number of aromatic amines is 1. The number of hydrogen-bond acceptors (Lipinski definition) is 3. The molecule has 3 rings (SSSR count). The van der Waals surface area contributed by atoms with Crippen LogP contribution in [0.15, 0.2) is 24.3 Å². The van der Waals surface area contributed by atoms with E-state index in [0.29, 0.717) is 19.5 Å². The number of nitrogens with two attached hydrogens (primary N) is 2. The van der Waals surface area contributed by atoms with E-state index in [2.05, 4.69) is 4.98 Å². The third kappa shape index (κ3) is 3.39. The summed E-state index contributed by atoms with van der Waals surface area (Å²) in [6.45, 7) is 2.95. The van der Waals surface area contributed by atoms with Crippen LogP contribution in [0.2, 0.25) is 0 Å². The summed E-state index contributed by atoms with van der Waals surface area (Å²) in [5.41, 5.74) is 14.3. The average Bonchev–Trinajstić information content (AvgIpc) is 2.97. The van der Waals surface area contributed by atoms with Crippen LogP contribution in [0.25, 0.3) is 10.9 Å². The zero-order valence-corrected chi connectivity index (χ0v) is 14.6. The Labute approximate surface area is 147 Å². The number of carbonyl (C=O) groups excluding carboxylic acids is 2. The number of primary amides is 1. The van der Waals surface area contributed by atoms with Crippen LogP contribution < -0.4 is 11.5 Å². The highest BCUT2D eigenvalue weighted by Crippen LogP contribution is 2.31. The van der Waals surface area contributed by atoms with Crippen molar-refractivity contribution in [3.63, 3.8) is 0 Å². The van der Waals surface area contributed by atoms with Crippen molar-refractivity contribution in [2.24, 2.45) is 17.4 Å². The van der Waals surface area contributed by atoms with Crippen LogP contribution in [0, 0.1) is 5.92 Å². The Balaban J connectivity index is 1.86. The molecule has 0 bridgehead atoms. The minimum absolute atomic E-state index is 0.00914. The third-order valence-corrected chi connectivity index (χ3v) is 5.13. The Morgan fingerprint density at radius 3 is 2.80 bits per heavy atom. The number of carbonyl (C=O) groups is 2. The molecular weight excluding hydrogens is 316 g/mol. The van der Waals surface area contributed by atoms with Gasteiger partial charge in [-0.25, -0.2) is 0 Å². The van der Waals surface area contributed by atoms with Crippen LogP contribution in [0.3, 0.4) is 0 Å². The van der Waals surface area contributed by atoms with Gasteiger partial charge in [-0.05, 0) is 31.0 Å². The van der Waals surface area contributed by atoms with Gasteiger partial charge in [-0.3, -0.25) is 9.59 Å². The summed E-state index contributed by atoms with van der Waals surface area (Å²) in [4.78, 5) is 30.0. The molecule has 0 aliphatic carbocycles. The number of hydrogen-bond donors (Lipinski definition) is 3. The lowest BCUT2D eigenvalue weighted by Gasteiger charge is -2.35. The molecule has 134 valence electrons. The number of rotatable bonds is 6. The average molecular weight is 342 g/mol. The van der Waals surface area contributed by atoms with E-state index in [-0.39, 0.29) is 11.8 Å². The summed E-state index contributed by atoms with van der Waals surface area (Å²) in [6, 6.07) is 7.41. The summed E-state index contributed by atoms with van der Waals surface area (Å²) >= 11 is 0. The van der Waals surface area contributed by atoms with Gasteiger partial charge in [-0.1, -0.05) is 31.5 Å². The highest BCUT2D eigenvalue weighted by atomic mass is 16.2. The number of unbranched alkanes of at least 4 members (excludes halogenated alkanes) is 1. The van der Waals surface area contributed by atoms with E-state index >= 15 is 0 Å². The smallest absolute Gasteiger partial charge is 0.240 e. The second kappa shape index (κ2) is 7.27. The van der Waals surface area contributed by atoms with Crippen LogP contribution >= 0.6 is 0 Å². The molecule has 2 amide bonds. The van der Waals surface area contributed by atoms with Crippen molar-refractivity contribution in [1.82, 2.24) is 9.88 Å². The zero-order chi connectivity index (χ0) is 18.0. The number of para-hydroxylation sites is 1. The lowest BCUT2D eigenvalue weighted by Crippen LogP contribution is -2.52. The van der Waals surface area contributed by atoms with E-state index in [4.69, 9.17) is 11.5 Å². The van der Waals surface area contributed by atoms with Gasteiger partial charge in [-0.2, -0.15) is 0 Å². The Morgan fingerprint density at radius 2 is 2.08 bits per heavy atom. The molecule has 0 unspecified atom stereocenters. The molecule has 2 aromatic rings. The van der Waals surface area contributed by atoms with Crippen molar-refractivity contribution in [1.29, 1.82) is 0 Å². The summed E-state index contributed by atoms with van der Waals surface area (Å²) < 4.78 is 0. The molecule has 1 aromatic heterocycles. The second-order valence-corrected chi connectivity index (χ2v) is 6.90. The first kappa shape index (κ1) is 17.5. The van der Waals surface area contributed by atoms with Crippen LogP contribution in [-0.2, 0) is 22.6 Å². The van der Waals surface area contributed by atoms with Gasteiger partial charge in [0.25, 0.3) is 0 Å². The third-order valence-electron chi connectivity index (χ3n) is 5.13. The maximum absolute atomic E-state index is 12.9. The lowest BCUT2D eigenvalue weighted by atomic mass is 9.93. The summed E-state index contributed by atoms with van der Waals surface area (Å²) in [5.74, 6) is -0.595. The molecule has 0 fully saturated rings. The fourth-order valence-corrected chi connectivity index (χ4v) is 3.70. The molecule has 0 saturated heterocycles.